The van der Waals surface area contributed by atoms with Gasteiger partial charge in [-0.15, -0.1) is 0 Å². The van der Waals surface area contributed by atoms with Crippen molar-refractivity contribution in [3.05, 3.63) is 35.3 Å². The van der Waals surface area contributed by atoms with Gasteiger partial charge in [0.05, 0.1) is 17.7 Å². The highest BCUT2D eigenvalue weighted by molar-refractivity contribution is 5.94. The van der Waals surface area contributed by atoms with Gasteiger partial charge in [-0.3, -0.25) is 9.89 Å². The van der Waals surface area contributed by atoms with Gasteiger partial charge in [-0.05, 0) is 25.8 Å². The van der Waals surface area contributed by atoms with Crippen LogP contribution in [0, 0.1) is 6.92 Å². The fraction of sp³-hybridized carbons (Fsp3) is 0.562. The van der Waals surface area contributed by atoms with Crippen LogP contribution in [0.5, 0.6) is 0 Å². The summed E-state index contributed by atoms with van der Waals surface area (Å²) in [5.41, 5.74) is 0.561. The molecule has 2 fully saturated rings. The number of rotatable bonds is 4. The molecule has 1 aliphatic carbocycles. The Labute approximate surface area is 134 Å². The van der Waals surface area contributed by atoms with Crippen molar-refractivity contribution in [3.8, 4) is 0 Å². The van der Waals surface area contributed by atoms with Crippen molar-refractivity contribution in [2.75, 3.05) is 13.7 Å². The quantitative estimate of drug-likeness (QED) is 0.934. The molecular formula is C16H20N4O3. The zero-order chi connectivity index (χ0) is 16.0. The number of hydrogen-bond donors (Lipinski definition) is 1. The first-order valence-electron chi connectivity index (χ1n) is 7.96. The minimum atomic E-state index is -0.136. The number of hydrogen-bond acceptors (Lipinski definition) is 5. The van der Waals surface area contributed by atoms with Gasteiger partial charge in [0.1, 0.15) is 17.8 Å². The van der Waals surface area contributed by atoms with Crippen LogP contribution in [0.3, 0.4) is 0 Å². The summed E-state index contributed by atoms with van der Waals surface area (Å²) >= 11 is 0. The zero-order valence-electron chi connectivity index (χ0n) is 13.3. The van der Waals surface area contributed by atoms with E-state index >= 15 is 0 Å². The summed E-state index contributed by atoms with van der Waals surface area (Å²) in [4.78, 5) is 19.2. The van der Waals surface area contributed by atoms with Crippen molar-refractivity contribution in [2.45, 2.75) is 44.2 Å². The minimum Gasteiger partial charge on any atom is -0.469 e. The second kappa shape index (κ2) is 5.49. The van der Waals surface area contributed by atoms with E-state index < -0.39 is 0 Å². The molecule has 7 nitrogen and oxygen atoms in total. The van der Waals surface area contributed by atoms with Gasteiger partial charge < -0.3 is 14.1 Å². The number of furan rings is 1. The first kappa shape index (κ1) is 14.4. The highest BCUT2D eigenvalue weighted by Crippen LogP contribution is 2.39. The number of aromatic amines is 1. The van der Waals surface area contributed by atoms with Gasteiger partial charge >= 0.3 is 0 Å². The van der Waals surface area contributed by atoms with Crippen LogP contribution in [0.4, 0.5) is 0 Å². The predicted octanol–water partition coefficient (Wildman–Crippen LogP) is 2.19. The van der Waals surface area contributed by atoms with Gasteiger partial charge in [0, 0.05) is 26.0 Å². The van der Waals surface area contributed by atoms with E-state index in [4.69, 9.17) is 9.15 Å². The van der Waals surface area contributed by atoms with E-state index in [0.717, 1.165) is 36.7 Å². The van der Waals surface area contributed by atoms with E-state index in [2.05, 4.69) is 15.2 Å². The monoisotopic (exact) mass is 316 g/mol. The van der Waals surface area contributed by atoms with Crippen LogP contribution in [-0.2, 0) is 4.74 Å². The average Bonchev–Trinajstić information content (AvgIpc) is 2.99. The summed E-state index contributed by atoms with van der Waals surface area (Å²) in [7, 11) is 1.67. The molecule has 2 aromatic heterocycles. The van der Waals surface area contributed by atoms with Gasteiger partial charge in [-0.25, -0.2) is 4.98 Å². The Balaban J connectivity index is 1.60. The Hall–Kier alpha value is -2.15. The van der Waals surface area contributed by atoms with Crippen LogP contribution in [-0.4, -0.2) is 45.7 Å². The fourth-order valence-corrected chi connectivity index (χ4v) is 3.13. The lowest BCUT2D eigenvalue weighted by Gasteiger charge is -2.21. The van der Waals surface area contributed by atoms with E-state index in [1.54, 1.807) is 18.1 Å². The second-order valence-electron chi connectivity index (χ2n) is 6.37. The zero-order valence-corrected chi connectivity index (χ0v) is 13.3. The number of aromatic nitrogens is 3. The maximum Gasteiger partial charge on any atom is 0.257 e. The molecule has 2 aromatic rings. The molecule has 4 rings (SSSR count). The van der Waals surface area contributed by atoms with Crippen LogP contribution in [0.25, 0.3) is 0 Å². The number of carbonyl (C=O) groups is 1. The van der Waals surface area contributed by atoms with E-state index in [0.29, 0.717) is 18.0 Å². The minimum absolute atomic E-state index is 0.00595. The molecule has 1 saturated heterocycles. The Morgan fingerprint density at radius 2 is 2.30 bits per heavy atom. The Bertz CT molecular complexity index is 718. The third-order valence-electron chi connectivity index (χ3n) is 4.61. The summed E-state index contributed by atoms with van der Waals surface area (Å²) < 4.78 is 10.7. The first-order chi connectivity index (χ1) is 11.2. The van der Waals surface area contributed by atoms with Gasteiger partial charge in [-0.2, -0.15) is 5.10 Å². The maximum absolute atomic E-state index is 12.8. The van der Waals surface area contributed by atoms with E-state index in [1.165, 1.54) is 6.26 Å². The molecule has 0 radical (unpaired) electrons. The lowest BCUT2D eigenvalue weighted by Crippen LogP contribution is -2.32. The Morgan fingerprint density at radius 1 is 1.48 bits per heavy atom. The van der Waals surface area contributed by atoms with Crippen molar-refractivity contribution < 1.29 is 13.9 Å². The molecule has 0 aromatic carbocycles. The number of amides is 1. The third kappa shape index (κ3) is 2.65. The molecule has 7 heteroatoms. The van der Waals surface area contributed by atoms with Gasteiger partial charge in [0.2, 0.25) is 0 Å². The number of nitrogens with one attached hydrogen (secondary N) is 1. The van der Waals surface area contributed by atoms with Crippen molar-refractivity contribution >= 4 is 5.91 Å². The number of aryl methyl sites for hydroxylation is 1. The van der Waals surface area contributed by atoms with Crippen molar-refractivity contribution in [1.82, 2.24) is 20.1 Å². The highest BCUT2D eigenvalue weighted by Gasteiger charge is 2.39. The van der Waals surface area contributed by atoms with Crippen LogP contribution in [0.2, 0.25) is 0 Å². The largest absolute Gasteiger partial charge is 0.469 e. The second-order valence-corrected chi connectivity index (χ2v) is 6.37. The number of carbonyl (C=O) groups excluding carboxylic acids is 1. The summed E-state index contributed by atoms with van der Waals surface area (Å²) in [6.45, 7) is 2.37. The molecule has 0 spiro atoms. The number of nitrogens with zero attached hydrogens (tertiary/aromatic N) is 3. The molecule has 2 atom stereocenters. The average molecular weight is 316 g/mol. The number of likely N-dealkylation sites (tertiary alicyclic amines) is 1. The molecule has 3 heterocycles. The number of ether oxygens (including phenoxy) is 1. The smallest absolute Gasteiger partial charge is 0.257 e. The lowest BCUT2D eigenvalue weighted by atomic mass is 10.1. The summed E-state index contributed by atoms with van der Waals surface area (Å²) in [5.74, 6) is 2.77. The highest BCUT2D eigenvalue weighted by atomic mass is 16.5. The van der Waals surface area contributed by atoms with Crippen molar-refractivity contribution in [1.29, 1.82) is 0 Å². The number of H-pyrrole nitrogens is 1. The summed E-state index contributed by atoms with van der Waals surface area (Å²) in [6, 6.07) is 1.62. The summed E-state index contributed by atoms with van der Waals surface area (Å²) in [6.07, 6.45) is 4.54. The van der Waals surface area contributed by atoms with Crippen LogP contribution < -0.4 is 0 Å². The molecule has 0 unspecified atom stereocenters. The molecule has 23 heavy (non-hydrogen) atoms. The van der Waals surface area contributed by atoms with Gasteiger partial charge in [0.15, 0.2) is 5.82 Å². The topological polar surface area (TPSA) is 84.3 Å². The Kier molecular flexibility index (Phi) is 3.45. The molecule has 1 N–H and O–H groups in total. The van der Waals surface area contributed by atoms with E-state index in [9.17, 15) is 4.79 Å². The molecule has 122 valence electrons. The van der Waals surface area contributed by atoms with Gasteiger partial charge in [-0.1, -0.05) is 0 Å². The molecule has 1 amide bonds. The first-order valence-corrected chi connectivity index (χ1v) is 7.96. The Morgan fingerprint density at radius 3 is 2.96 bits per heavy atom. The third-order valence-corrected chi connectivity index (χ3v) is 4.61. The van der Waals surface area contributed by atoms with E-state index in [1.807, 2.05) is 6.92 Å². The molecule has 1 aliphatic heterocycles. The van der Waals surface area contributed by atoms with Crippen molar-refractivity contribution in [3.63, 3.8) is 0 Å². The molecule has 1 saturated carbocycles. The number of methoxy groups -OCH3 is 1. The fourth-order valence-electron chi connectivity index (χ4n) is 3.13. The maximum atomic E-state index is 12.8. The summed E-state index contributed by atoms with van der Waals surface area (Å²) in [5, 5.41) is 7.33. The molecule has 2 aliphatic rings. The van der Waals surface area contributed by atoms with Gasteiger partial charge in [0.25, 0.3) is 5.91 Å². The SMILES string of the molecule is CO[C@@H]1C[C@@H](c2nc(C3CC3)n[nH]2)N(C(=O)c2coc(C)c2)C1. The van der Waals surface area contributed by atoms with Crippen LogP contribution >= 0.6 is 0 Å². The van der Waals surface area contributed by atoms with E-state index in [-0.39, 0.29) is 18.1 Å². The van der Waals surface area contributed by atoms with Crippen molar-refractivity contribution in [2.24, 2.45) is 0 Å². The lowest BCUT2D eigenvalue weighted by molar-refractivity contribution is 0.0683. The van der Waals surface area contributed by atoms with Crippen LogP contribution in [0.15, 0.2) is 16.7 Å². The normalized spacial score (nSPS) is 24.3. The molecular weight excluding hydrogens is 296 g/mol. The van der Waals surface area contributed by atoms with Crippen LogP contribution in [0.1, 0.15) is 59.0 Å². The molecule has 0 bridgehead atoms. The predicted molar refractivity (Wildman–Crippen MR) is 81.0 cm³/mol. The standard InChI is InChI=1S/C16H20N4O3/c1-9-5-11(8-23-9)16(21)20-7-12(22-2)6-13(20)15-17-14(18-19-15)10-3-4-10/h5,8,10,12-13H,3-4,6-7H2,1-2H3,(H,17,18,19)/t12-,13+/m1/s1.